The van der Waals surface area contributed by atoms with Crippen molar-refractivity contribution in [2.24, 2.45) is 5.92 Å². The standard InChI is InChI=1S/C78H148O17P2/c1-6-9-12-15-18-21-24-26-29-34-37-42-47-52-57-62-76(81)89-68-74(95-78(83)64-59-54-49-44-39-35-31-28-27-30-33-36-40-45-50-55-60-71(4)5)70-93-97(86,87)91-66-72(79)65-90-96(84,85)92-69-73(67-88-75(80)61-56-51-46-41-23-20-17-14-11-8-3)94-77(82)63-58-53-48-43-38-32-25-22-19-16-13-10-7-2/h21,24,26,29,71-74,79H,6-20,22-23,25,27-28,30-70H2,1-5H3,(H,84,85)(H,86,87)/b24-21-,29-26-/t72-,73+,74+/m0/s1. The Kier molecular flexibility index (Phi) is 68.8. The number of esters is 4. The van der Waals surface area contributed by atoms with Crippen molar-refractivity contribution in [1.29, 1.82) is 0 Å². The molecule has 5 atom stereocenters. The third-order valence-electron chi connectivity index (χ3n) is 17.7. The van der Waals surface area contributed by atoms with E-state index in [0.29, 0.717) is 25.7 Å². The molecule has 0 aliphatic heterocycles. The molecule has 0 aliphatic rings. The Morgan fingerprint density at radius 1 is 0.320 bits per heavy atom. The molecule has 2 unspecified atom stereocenters. The molecule has 0 radical (unpaired) electrons. The molecule has 19 heteroatoms. The minimum atomic E-state index is -4.97. The van der Waals surface area contributed by atoms with Crippen LogP contribution in [0.4, 0.5) is 0 Å². The van der Waals surface area contributed by atoms with E-state index in [9.17, 15) is 43.2 Å². The molecule has 0 saturated heterocycles. The van der Waals surface area contributed by atoms with Gasteiger partial charge < -0.3 is 33.8 Å². The summed E-state index contributed by atoms with van der Waals surface area (Å²) in [6.45, 7) is 7.26. The Balaban J connectivity index is 5.26. The minimum absolute atomic E-state index is 0.101. The zero-order valence-electron chi connectivity index (χ0n) is 62.7. The first-order chi connectivity index (χ1) is 47.0. The number of phosphoric acid groups is 2. The molecular weight excluding hydrogens is 1270 g/mol. The number of ether oxygens (including phenoxy) is 4. The van der Waals surface area contributed by atoms with Crippen molar-refractivity contribution in [3.63, 3.8) is 0 Å². The van der Waals surface area contributed by atoms with Crippen LogP contribution in [0, 0.1) is 5.92 Å². The zero-order valence-corrected chi connectivity index (χ0v) is 64.5. The number of phosphoric ester groups is 2. The van der Waals surface area contributed by atoms with Gasteiger partial charge >= 0.3 is 39.5 Å². The molecule has 97 heavy (non-hydrogen) atoms. The smallest absolute Gasteiger partial charge is 0.462 e. The Labute approximate surface area is 592 Å². The normalized spacial score (nSPS) is 14.1. The molecule has 0 aromatic rings. The van der Waals surface area contributed by atoms with Crippen molar-refractivity contribution >= 4 is 39.5 Å². The molecule has 0 amide bonds. The molecule has 0 spiro atoms. The number of aliphatic hydroxyl groups excluding tert-OH is 1. The first kappa shape index (κ1) is 94.5. The van der Waals surface area contributed by atoms with Gasteiger partial charge in [0.15, 0.2) is 12.2 Å². The van der Waals surface area contributed by atoms with E-state index in [2.05, 4.69) is 58.9 Å². The van der Waals surface area contributed by atoms with Crippen molar-refractivity contribution in [2.45, 2.75) is 406 Å². The van der Waals surface area contributed by atoms with Crippen LogP contribution in [0.15, 0.2) is 24.3 Å². The second-order valence-electron chi connectivity index (χ2n) is 27.9. The molecule has 0 saturated carbocycles. The number of aliphatic hydroxyl groups is 1. The summed E-state index contributed by atoms with van der Waals surface area (Å²) in [5.41, 5.74) is 0. The van der Waals surface area contributed by atoms with Crippen molar-refractivity contribution < 1.29 is 80.2 Å². The van der Waals surface area contributed by atoms with E-state index in [-0.39, 0.29) is 25.7 Å². The lowest BCUT2D eigenvalue weighted by molar-refractivity contribution is -0.161. The predicted octanol–water partition coefficient (Wildman–Crippen LogP) is 22.8. The topological polar surface area (TPSA) is 237 Å². The average molecular weight is 1420 g/mol. The fraction of sp³-hybridized carbons (Fsp3) is 0.897. The highest BCUT2D eigenvalue weighted by Gasteiger charge is 2.30. The number of hydrogen-bond acceptors (Lipinski definition) is 15. The molecule has 0 rings (SSSR count). The number of unbranched alkanes of at least 4 members (excludes halogenated alkanes) is 45. The van der Waals surface area contributed by atoms with Crippen molar-refractivity contribution in [3.8, 4) is 0 Å². The van der Waals surface area contributed by atoms with Gasteiger partial charge in [0, 0.05) is 25.7 Å². The zero-order chi connectivity index (χ0) is 71.2. The van der Waals surface area contributed by atoms with E-state index in [1.807, 2.05) is 0 Å². The molecular formula is C78H148O17P2. The van der Waals surface area contributed by atoms with Crippen LogP contribution in [-0.4, -0.2) is 96.7 Å². The molecule has 17 nitrogen and oxygen atoms in total. The van der Waals surface area contributed by atoms with Gasteiger partial charge in [0.1, 0.15) is 19.3 Å². The summed E-state index contributed by atoms with van der Waals surface area (Å²) in [6.07, 6.45) is 63.1. The van der Waals surface area contributed by atoms with Gasteiger partial charge in [-0.25, -0.2) is 9.13 Å². The van der Waals surface area contributed by atoms with Gasteiger partial charge in [0.05, 0.1) is 26.4 Å². The van der Waals surface area contributed by atoms with E-state index >= 15 is 0 Å². The summed E-state index contributed by atoms with van der Waals surface area (Å²) in [5, 5.41) is 10.6. The third-order valence-corrected chi connectivity index (χ3v) is 19.6. The van der Waals surface area contributed by atoms with Gasteiger partial charge in [-0.2, -0.15) is 0 Å². The highest BCUT2D eigenvalue weighted by atomic mass is 31.2. The second-order valence-corrected chi connectivity index (χ2v) is 30.8. The summed E-state index contributed by atoms with van der Waals surface area (Å²) in [5.74, 6) is -1.33. The lowest BCUT2D eigenvalue weighted by Gasteiger charge is -2.21. The lowest BCUT2D eigenvalue weighted by atomic mass is 10.0. The van der Waals surface area contributed by atoms with E-state index in [4.69, 9.17) is 37.0 Å². The van der Waals surface area contributed by atoms with Gasteiger partial charge in [0.25, 0.3) is 0 Å². The van der Waals surface area contributed by atoms with Crippen LogP contribution in [0.2, 0.25) is 0 Å². The predicted molar refractivity (Wildman–Crippen MR) is 395 cm³/mol. The molecule has 3 N–H and O–H groups in total. The molecule has 0 bridgehead atoms. The second kappa shape index (κ2) is 70.6. The van der Waals surface area contributed by atoms with Crippen LogP contribution in [0.25, 0.3) is 0 Å². The van der Waals surface area contributed by atoms with E-state index in [0.717, 1.165) is 115 Å². The number of carbonyl (C=O) groups is 4. The summed E-state index contributed by atoms with van der Waals surface area (Å²) >= 11 is 0. The Morgan fingerprint density at radius 3 is 0.845 bits per heavy atom. The number of hydrogen-bond donors (Lipinski definition) is 3. The SMILES string of the molecule is CCCCCC/C=C\C=C/CCCCCCCC(=O)OC[C@H](COP(=O)(O)OC[C@@H](O)COP(=O)(O)OC[C@@H](COC(=O)CCCCCCCCCCCC)OC(=O)CCCCCCCCCCCCCCC)OC(=O)CCCCCCCCCCCCCCCCCCC(C)C. The van der Waals surface area contributed by atoms with Crippen LogP contribution >= 0.6 is 15.6 Å². The summed E-state index contributed by atoms with van der Waals surface area (Å²) in [6, 6.07) is 0. The molecule has 0 aromatic carbocycles. The maximum atomic E-state index is 13.1. The fourth-order valence-electron chi connectivity index (χ4n) is 11.5. The van der Waals surface area contributed by atoms with E-state index in [1.54, 1.807) is 0 Å². The Morgan fingerprint density at radius 2 is 0.557 bits per heavy atom. The quantitative estimate of drug-likeness (QED) is 0.0169. The Hall–Kier alpha value is -2.46. The molecule has 0 aliphatic carbocycles. The number of carbonyl (C=O) groups excluding carboxylic acids is 4. The maximum Gasteiger partial charge on any atom is 0.472 e. The van der Waals surface area contributed by atoms with Gasteiger partial charge in [-0.05, 0) is 57.3 Å². The van der Waals surface area contributed by atoms with E-state index < -0.39 is 97.5 Å². The van der Waals surface area contributed by atoms with Crippen molar-refractivity contribution in [1.82, 2.24) is 0 Å². The van der Waals surface area contributed by atoms with Crippen molar-refractivity contribution in [2.75, 3.05) is 39.6 Å². The summed E-state index contributed by atoms with van der Waals surface area (Å²) in [4.78, 5) is 72.8. The highest BCUT2D eigenvalue weighted by molar-refractivity contribution is 7.47. The van der Waals surface area contributed by atoms with Gasteiger partial charge in [-0.15, -0.1) is 0 Å². The largest absolute Gasteiger partial charge is 0.472 e. The van der Waals surface area contributed by atoms with Gasteiger partial charge in [-0.1, -0.05) is 335 Å². The molecule has 572 valence electrons. The third kappa shape index (κ3) is 71.7. The maximum absolute atomic E-state index is 13.1. The minimum Gasteiger partial charge on any atom is -0.462 e. The van der Waals surface area contributed by atoms with Crippen LogP contribution in [-0.2, 0) is 65.4 Å². The summed E-state index contributed by atoms with van der Waals surface area (Å²) in [7, 11) is -9.92. The van der Waals surface area contributed by atoms with Crippen LogP contribution in [0.1, 0.15) is 388 Å². The Bertz CT molecular complexity index is 1950. The summed E-state index contributed by atoms with van der Waals surface area (Å²) < 4.78 is 68.5. The molecule has 0 aromatic heterocycles. The van der Waals surface area contributed by atoms with Gasteiger partial charge in [0.2, 0.25) is 0 Å². The van der Waals surface area contributed by atoms with Crippen LogP contribution in [0.5, 0.6) is 0 Å². The number of rotatable bonds is 76. The molecule has 0 heterocycles. The highest BCUT2D eigenvalue weighted by Crippen LogP contribution is 2.45. The van der Waals surface area contributed by atoms with Gasteiger partial charge in [-0.3, -0.25) is 37.3 Å². The molecule has 0 fully saturated rings. The van der Waals surface area contributed by atoms with E-state index in [1.165, 1.54) is 193 Å². The average Bonchev–Trinajstić information content (AvgIpc) is 1.70. The first-order valence-corrected chi connectivity index (χ1v) is 42.9. The first-order valence-electron chi connectivity index (χ1n) is 40.0. The fourth-order valence-corrected chi connectivity index (χ4v) is 13.1. The number of allylic oxidation sites excluding steroid dienone is 4. The monoisotopic (exact) mass is 1420 g/mol. The van der Waals surface area contributed by atoms with Crippen molar-refractivity contribution in [3.05, 3.63) is 24.3 Å². The van der Waals surface area contributed by atoms with Crippen LogP contribution in [0.3, 0.4) is 0 Å². The van der Waals surface area contributed by atoms with Crippen LogP contribution < -0.4 is 0 Å². The lowest BCUT2D eigenvalue weighted by Crippen LogP contribution is -2.30.